The van der Waals surface area contributed by atoms with E-state index in [4.69, 9.17) is 9.26 Å². The Morgan fingerprint density at radius 1 is 1.29 bits per heavy atom. The Balaban J connectivity index is 0.000000461. The fraction of sp³-hybridized carbons (Fsp3) is 0.700. The van der Waals surface area contributed by atoms with Crippen LogP contribution in [-0.2, 0) is 4.74 Å². The number of nitrogens with zero attached hydrogens (tertiary/aromatic N) is 2. The minimum Gasteiger partial charge on any atom is -0.378 e. The first-order valence-corrected chi connectivity index (χ1v) is 5.12. The molecule has 2 rings (SSSR count). The highest BCUT2D eigenvalue weighted by Crippen LogP contribution is 2.14. The lowest BCUT2D eigenvalue weighted by molar-refractivity contribution is 0.122. The molecular formula is C10H18N2O2. The zero-order valence-corrected chi connectivity index (χ0v) is 9.12. The topological polar surface area (TPSA) is 38.5 Å². The second-order valence-corrected chi connectivity index (χ2v) is 2.90. The van der Waals surface area contributed by atoms with E-state index in [1.807, 2.05) is 26.8 Å². The molecule has 0 radical (unpaired) electrons. The molecular weight excluding hydrogens is 180 g/mol. The van der Waals surface area contributed by atoms with E-state index in [0.717, 1.165) is 37.9 Å². The molecule has 1 aliphatic rings. The fourth-order valence-corrected chi connectivity index (χ4v) is 1.29. The van der Waals surface area contributed by atoms with Gasteiger partial charge in [0.15, 0.2) is 5.82 Å². The summed E-state index contributed by atoms with van der Waals surface area (Å²) in [5.41, 5.74) is 0. The lowest BCUT2D eigenvalue weighted by Crippen LogP contribution is -2.36. The summed E-state index contributed by atoms with van der Waals surface area (Å²) in [7, 11) is 0. The molecule has 0 aliphatic carbocycles. The first kappa shape index (κ1) is 11.0. The van der Waals surface area contributed by atoms with Gasteiger partial charge in [-0.2, -0.15) is 0 Å². The Bertz CT molecular complexity index is 254. The first-order valence-electron chi connectivity index (χ1n) is 5.12. The van der Waals surface area contributed by atoms with Crippen molar-refractivity contribution in [1.29, 1.82) is 0 Å². The summed E-state index contributed by atoms with van der Waals surface area (Å²) >= 11 is 0. The maximum absolute atomic E-state index is 5.23. The summed E-state index contributed by atoms with van der Waals surface area (Å²) in [5.74, 6) is 1.78. The van der Waals surface area contributed by atoms with Crippen LogP contribution in [0.4, 0.5) is 5.82 Å². The van der Waals surface area contributed by atoms with Gasteiger partial charge in [-0.3, -0.25) is 0 Å². The molecule has 14 heavy (non-hydrogen) atoms. The molecule has 0 spiro atoms. The van der Waals surface area contributed by atoms with Crippen LogP contribution in [0.2, 0.25) is 0 Å². The van der Waals surface area contributed by atoms with Crippen LogP contribution in [0.3, 0.4) is 0 Å². The molecule has 4 nitrogen and oxygen atoms in total. The zero-order chi connectivity index (χ0) is 10.4. The normalized spacial score (nSPS) is 16.1. The van der Waals surface area contributed by atoms with E-state index in [9.17, 15) is 0 Å². The molecule has 1 aliphatic heterocycles. The highest BCUT2D eigenvalue weighted by molar-refractivity contribution is 5.37. The predicted octanol–water partition coefficient (Wildman–Crippen LogP) is 1.85. The fourth-order valence-electron chi connectivity index (χ4n) is 1.29. The summed E-state index contributed by atoms with van der Waals surface area (Å²) in [5, 5.41) is 3.93. The molecule has 1 fully saturated rings. The Kier molecular flexibility index (Phi) is 4.46. The summed E-state index contributed by atoms with van der Waals surface area (Å²) in [6.45, 7) is 9.28. The number of morpholine rings is 1. The lowest BCUT2D eigenvalue weighted by Gasteiger charge is -2.25. The SMILES string of the molecule is CC.Cc1cc(N2CCOCC2)no1. The minimum atomic E-state index is 0.784. The van der Waals surface area contributed by atoms with Crippen LogP contribution in [0.1, 0.15) is 19.6 Å². The molecule has 1 aromatic heterocycles. The van der Waals surface area contributed by atoms with Gasteiger partial charge in [-0.25, -0.2) is 0 Å². The number of anilines is 1. The first-order chi connectivity index (χ1) is 6.86. The second-order valence-electron chi connectivity index (χ2n) is 2.90. The Morgan fingerprint density at radius 3 is 2.43 bits per heavy atom. The molecule has 4 heteroatoms. The zero-order valence-electron chi connectivity index (χ0n) is 9.12. The van der Waals surface area contributed by atoms with Crippen molar-refractivity contribution < 1.29 is 9.26 Å². The van der Waals surface area contributed by atoms with Crippen LogP contribution >= 0.6 is 0 Å². The molecule has 0 bridgehead atoms. The van der Waals surface area contributed by atoms with E-state index in [0.29, 0.717) is 0 Å². The average molecular weight is 198 g/mol. The van der Waals surface area contributed by atoms with Crippen LogP contribution in [-0.4, -0.2) is 31.5 Å². The smallest absolute Gasteiger partial charge is 0.172 e. The number of aryl methyl sites for hydroxylation is 1. The molecule has 0 saturated carbocycles. The number of rotatable bonds is 1. The van der Waals surface area contributed by atoms with E-state index in [2.05, 4.69) is 10.1 Å². The van der Waals surface area contributed by atoms with Crippen molar-refractivity contribution >= 4 is 5.82 Å². The molecule has 0 unspecified atom stereocenters. The van der Waals surface area contributed by atoms with E-state index in [1.165, 1.54) is 0 Å². The predicted molar refractivity (Wildman–Crippen MR) is 55.6 cm³/mol. The Morgan fingerprint density at radius 2 is 1.93 bits per heavy atom. The Labute approximate surface area is 84.8 Å². The maximum atomic E-state index is 5.23. The summed E-state index contributed by atoms with van der Waals surface area (Å²) < 4.78 is 10.2. The van der Waals surface area contributed by atoms with E-state index in [1.54, 1.807) is 0 Å². The van der Waals surface area contributed by atoms with Crippen molar-refractivity contribution in [2.75, 3.05) is 31.2 Å². The molecule has 0 aromatic carbocycles. The summed E-state index contributed by atoms with van der Waals surface area (Å²) in [4.78, 5) is 2.17. The van der Waals surface area contributed by atoms with Crippen LogP contribution in [0, 0.1) is 6.92 Å². The minimum absolute atomic E-state index is 0.784. The van der Waals surface area contributed by atoms with Crippen molar-refractivity contribution in [2.24, 2.45) is 0 Å². The number of hydrogen-bond donors (Lipinski definition) is 0. The van der Waals surface area contributed by atoms with Crippen LogP contribution in [0.25, 0.3) is 0 Å². The van der Waals surface area contributed by atoms with Gasteiger partial charge in [0.05, 0.1) is 13.2 Å². The molecule has 0 N–H and O–H groups in total. The number of aromatic nitrogens is 1. The maximum Gasteiger partial charge on any atom is 0.172 e. The van der Waals surface area contributed by atoms with E-state index in [-0.39, 0.29) is 0 Å². The largest absolute Gasteiger partial charge is 0.378 e. The van der Waals surface area contributed by atoms with Gasteiger partial charge in [0.2, 0.25) is 0 Å². The summed E-state index contributed by atoms with van der Waals surface area (Å²) in [6, 6.07) is 1.95. The van der Waals surface area contributed by atoms with Gasteiger partial charge in [0, 0.05) is 19.2 Å². The van der Waals surface area contributed by atoms with Gasteiger partial charge in [0.1, 0.15) is 5.76 Å². The van der Waals surface area contributed by atoms with Crippen molar-refractivity contribution in [3.8, 4) is 0 Å². The number of hydrogen-bond acceptors (Lipinski definition) is 4. The third kappa shape index (κ3) is 2.73. The second kappa shape index (κ2) is 5.65. The monoisotopic (exact) mass is 198 g/mol. The third-order valence-corrected chi connectivity index (χ3v) is 1.95. The van der Waals surface area contributed by atoms with E-state index < -0.39 is 0 Å². The van der Waals surface area contributed by atoms with Crippen molar-refractivity contribution in [1.82, 2.24) is 5.16 Å². The highest BCUT2D eigenvalue weighted by Gasteiger charge is 2.13. The van der Waals surface area contributed by atoms with Crippen LogP contribution < -0.4 is 4.90 Å². The van der Waals surface area contributed by atoms with Crippen molar-refractivity contribution in [2.45, 2.75) is 20.8 Å². The summed E-state index contributed by atoms with van der Waals surface area (Å²) in [6.07, 6.45) is 0. The van der Waals surface area contributed by atoms with Gasteiger partial charge in [-0.05, 0) is 6.92 Å². The lowest BCUT2D eigenvalue weighted by atomic mass is 10.4. The molecule has 80 valence electrons. The Hall–Kier alpha value is -1.03. The van der Waals surface area contributed by atoms with Gasteiger partial charge < -0.3 is 14.2 Å². The van der Waals surface area contributed by atoms with Gasteiger partial charge in [0.25, 0.3) is 0 Å². The van der Waals surface area contributed by atoms with Gasteiger partial charge >= 0.3 is 0 Å². The van der Waals surface area contributed by atoms with Gasteiger partial charge in [-0.1, -0.05) is 19.0 Å². The molecule has 0 atom stereocenters. The van der Waals surface area contributed by atoms with Gasteiger partial charge in [-0.15, -0.1) is 0 Å². The van der Waals surface area contributed by atoms with Crippen molar-refractivity contribution in [3.63, 3.8) is 0 Å². The molecule has 0 amide bonds. The van der Waals surface area contributed by atoms with E-state index >= 15 is 0 Å². The number of ether oxygens (including phenoxy) is 1. The van der Waals surface area contributed by atoms with Crippen LogP contribution in [0.5, 0.6) is 0 Å². The standard InChI is InChI=1S/C8H12N2O2.C2H6/c1-7-6-8(9-12-7)10-2-4-11-5-3-10;1-2/h6H,2-5H2,1H3;1-2H3. The molecule has 2 heterocycles. The third-order valence-electron chi connectivity index (χ3n) is 1.95. The average Bonchev–Trinajstić information content (AvgIpc) is 2.69. The molecule has 1 aromatic rings. The molecule has 1 saturated heterocycles. The van der Waals surface area contributed by atoms with Crippen molar-refractivity contribution in [3.05, 3.63) is 11.8 Å². The highest BCUT2D eigenvalue weighted by atomic mass is 16.5. The quantitative estimate of drug-likeness (QED) is 0.690. The van der Waals surface area contributed by atoms with Crippen LogP contribution in [0.15, 0.2) is 10.6 Å².